The lowest BCUT2D eigenvalue weighted by Crippen LogP contribution is -2.27. The molecule has 1 saturated heterocycles. The average molecular weight is 283 g/mol. The highest BCUT2D eigenvalue weighted by atomic mass is 35.5. The van der Waals surface area contributed by atoms with Gasteiger partial charge in [-0.15, -0.1) is 12.4 Å². The Morgan fingerprint density at radius 1 is 1.05 bits per heavy atom. The average Bonchev–Trinajstić information content (AvgIpc) is 2.57. The molecule has 1 heterocycles. The van der Waals surface area contributed by atoms with Crippen LogP contribution < -0.4 is 5.32 Å². The monoisotopic (exact) mass is 282 g/mol. The van der Waals surface area contributed by atoms with Crippen molar-refractivity contribution in [2.45, 2.75) is 39.2 Å². The van der Waals surface area contributed by atoms with E-state index in [0.29, 0.717) is 0 Å². The highest BCUT2D eigenvalue weighted by Gasteiger charge is 2.13. The van der Waals surface area contributed by atoms with Crippen molar-refractivity contribution in [2.24, 2.45) is 0 Å². The zero-order chi connectivity index (χ0) is 13.0. The van der Waals surface area contributed by atoms with E-state index < -0.39 is 0 Å². The van der Waals surface area contributed by atoms with Crippen molar-refractivity contribution in [3.8, 4) is 0 Å². The minimum absolute atomic E-state index is 0. The zero-order valence-electron chi connectivity index (χ0n) is 12.4. The van der Waals surface area contributed by atoms with Crippen LogP contribution in [0.1, 0.15) is 38.3 Å². The van der Waals surface area contributed by atoms with Gasteiger partial charge in [0.25, 0.3) is 0 Å². The molecule has 1 fully saturated rings. The Bertz CT molecular complexity index is 359. The summed E-state index contributed by atoms with van der Waals surface area (Å²) in [5.41, 5.74) is 3.11. The first-order chi connectivity index (χ1) is 8.55. The summed E-state index contributed by atoms with van der Waals surface area (Å²) in [6, 6.07) is 9.15. The molecular formula is C16H27ClN2. The van der Waals surface area contributed by atoms with Gasteiger partial charge in [0.15, 0.2) is 0 Å². The number of rotatable bonds is 2. The summed E-state index contributed by atoms with van der Waals surface area (Å²) in [5, 5.41) is 3.45. The molecule has 0 aromatic heterocycles. The van der Waals surface area contributed by atoms with Crippen LogP contribution in [0.2, 0.25) is 0 Å². The summed E-state index contributed by atoms with van der Waals surface area (Å²) in [6.07, 6.45) is 1.26. The normalized spacial score (nSPS) is 17.6. The van der Waals surface area contributed by atoms with E-state index in [0.717, 1.165) is 13.1 Å². The second kappa shape index (κ2) is 7.28. The van der Waals surface area contributed by atoms with Crippen molar-refractivity contribution in [1.82, 2.24) is 10.2 Å². The molecule has 0 atom stereocenters. The Hall–Kier alpha value is -0.570. The van der Waals surface area contributed by atoms with Crippen LogP contribution in [0.15, 0.2) is 24.3 Å². The van der Waals surface area contributed by atoms with E-state index in [2.05, 4.69) is 55.3 Å². The van der Waals surface area contributed by atoms with Gasteiger partial charge >= 0.3 is 0 Å². The van der Waals surface area contributed by atoms with Gasteiger partial charge in [-0.25, -0.2) is 0 Å². The van der Waals surface area contributed by atoms with Gasteiger partial charge in [0.05, 0.1) is 0 Å². The first-order valence-electron chi connectivity index (χ1n) is 7.08. The number of halogens is 1. The Balaban J connectivity index is 0.00000180. The van der Waals surface area contributed by atoms with Gasteiger partial charge in [0.2, 0.25) is 0 Å². The molecule has 1 aromatic carbocycles. The SMILES string of the molecule is CC(C)(C)c1ccc(CN2CCCNCC2)cc1.Cl. The van der Waals surface area contributed by atoms with E-state index in [-0.39, 0.29) is 17.8 Å². The van der Waals surface area contributed by atoms with Gasteiger partial charge in [-0.05, 0) is 36.1 Å². The van der Waals surface area contributed by atoms with E-state index >= 15 is 0 Å². The van der Waals surface area contributed by atoms with Crippen LogP contribution in [0.5, 0.6) is 0 Å². The maximum absolute atomic E-state index is 3.45. The highest BCUT2D eigenvalue weighted by Crippen LogP contribution is 2.22. The minimum atomic E-state index is 0. The van der Waals surface area contributed by atoms with Gasteiger partial charge < -0.3 is 5.32 Å². The lowest BCUT2D eigenvalue weighted by Gasteiger charge is -2.22. The Morgan fingerprint density at radius 2 is 1.74 bits per heavy atom. The summed E-state index contributed by atoms with van der Waals surface area (Å²) in [5.74, 6) is 0. The quantitative estimate of drug-likeness (QED) is 0.896. The van der Waals surface area contributed by atoms with Gasteiger partial charge in [0, 0.05) is 19.6 Å². The molecule has 108 valence electrons. The first-order valence-corrected chi connectivity index (χ1v) is 7.08. The molecular weight excluding hydrogens is 256 g/mol. The van der Waals surface area contributed by atoms with Crippen LogP contribution in [0.4, 0.5) is 0 Å². The summed E-state index contributed by atoms with van der Waals surface area (Å²) < 4.78 is 0. The topological polar surface area (TPSA) is 15.3 Å². The fourth-order valence-corrected chi connectivity index (χ4v) is 2.43. The van der Waals surface area contributed by atoms with E-state index in [1.807, 2.05) is 0 Å². The van der Waals surface area contributed by atoms with Gasteiger partial charge in [-0.3, -0.25) is 4.90 Å². The maximum Gasteiger partial charge on any atom is 0.0234 e. The molecule has 2 nitrogen and oxygen atoms in total. The third-order valence-electron chi connectivity index (χ3n) is 3.66. The smallest absolute Gasteiger partial charge is 0.0234 e. The predicted molar refractivity (Wildman–Crippen MR) is 85.2 cm³/mol. The van der Waals surface area contributed by atoms with E-state index in [4.69, 9.17) is 0 Å². The zero-order valence-corrected chi connectivity index (χ0v) is 13.2. The van der Waals surface area contributed by atoms with E-state index in [9.17, 15) is 0 Å². The standard InChI is InChI=1S/C16H26N2.ClH/c1-16(2,3)15-7-5-14(6-8-15)13-18-11-4-9-17-10-12-18;/h5-8,17H,4,9-13H2,1-3H3;1H. The highest BCUT2D eigenvalue weighted by molar-refractivity contribution is 5.85. The second-order valence-corrected chi connectivity index (χ2v) is 6.33. The van der Waals surface area contributed by atoms with Crippen LogP contribution in [0.25, 0.3) is 0 Å². The summed E-state index contributed by atoms with van der Waals surface area (Å²) >= 11 is 0. The second-order valence-electron chi connectivity index (χ2n) is 6.33. The molecule has 1 aliphatic heterocycles. The fourth-order valence-electron chi connectivity index (χ4n) is 2.43. The van der Waals surface area contributed by atoms with Crippen molar-refractivity contribution in [1.29, 1.82) is 0 Å². The summed E-state index contributed by atoms with van der Waals surface area (Å²) in [7, 11) is 0. The molecule has 0 unspecified atom stereocenters. The number of hydrogen-bond acceptors (Lipinski definition) is 2. The molecule has 1 aliphatic rings. The first kappa shape index (κ1) is 16.5. The number of benzene rings is 1. The molecule has 0 radical (unpaired) electrons. The molecule has 0 bridgehead atoms. The van der Waals surface area contributed by atoms with Crippen LogP contribution in [0.3, 0.4) is 0 Å². The largest absolute Gasteiger partial charge is 0.315 e. The van der Waals surface area contributed by atoms with Crippen LogP contribution in [0, 0.1) is 0 Å². The fraction of sp³-hybridized carbons (Fsp3) is 0.625. The third kappa shape index (κ3) is 5.13. The Morgan fingerprint density at radius 3 is 2.37 bits per heavy atom. The van der Waals surface area contributed by atoms with E-state index in [1.165, 1.54) is 37.2 Å². The van der Waals surface area contributed by atoms with Crippen molar-refractivity contribution in [3.05, 3.63) is 35.4 Å². The molecule has 0 spiro atoms. The molecule has 1 aromatic rings. The number of hydrogen-bond donors (Lipinski definition) is 1. The third-order valence-corrected chi connectivity index (χ3v) is 3.66. The van der Waals surface area contributed by atoms with Crippen molar-refractivity contribution >= 4 is 12.4 Å². The van der Waals surface area contributed by atoms with Crippen LogP contribution >= 0.6 is 12.4 Å². The van der Waals surface area contributed by atoms with Crippen LogP contribution in [-0.2, 0) is 12.0 Å². The summed E-state index contributed by atoms with van der Waals surface area (Å²) in [4.78, 5) is 2.55. The Kier molecular flexibility index (Phi) is 6.31. The molecule has 0 aliphatic carbocycles. The van der Waals surface area contributed by atoms with Gasteiger partial charge in [0.1, 0.15) is 0 Å². The van der Waals surface area contributed by atoms with E-state index in [1.54, 1.807) is 0 Å². The number of nitrogens with one attached hydrogen (secondary N) is 1. The lowest BCUT2D eigenvalue weighted by atomic mass is 9.87. The molecule has 0 saturated carbocycles. The number of nitrogens with zero attached hydrogens (tertiary/aromatic N) is 1. The van der Waals surface area contributed by atoms with Gasteiger partial charge in [-0.2, -0.15) is 0 Å². The van der Waals surface area contributed by atoms with Crippen molar-refractivity contribution < 1.29 is 0 Å². The maximum atomic E-state index is 3.45. The Labute approximate surface area is 124 Å². The molecule has 0 amide bonds. The molecule has 2 rings (SSSR count). The predicted octanol–water partition coefficient (Wildman–Crippen LogP) is 3.20. The minimum Gasteiger partial charge on any atom is -0.315 e. The van der Waals surface area contributed by atoms with Gasteiger partial charge in [-0.1, -0.05) is 45.0 Å². The van der Waals surface area contributed by atoms with Crippen molar-refractivity contribution in [2.75, 3.05) is 26.2 Å². The molecule has 19 heavy (non-hydrogen) atoms. The lowest BCUT2D eigenvalue weighted by molar-refractivity contribution is 0.284. The van der Waals surface area contributed by atoms with Crippen molar-refractivity contribution in [3.63, 3.8) is 0 Å². The molecule has 3 heteroatoms. The summed E-state index contributed by atoms with van der Waals surface area (Å²) in [6.45, 7) is 12.6. The molecule has 1 N–H and O–H groups in total. The van der Waals surface area contributed by atoms with Crippen LogP contribution in [-0.4, -0.2) is 31.1 Å².